The summed E-state index contributed by atoms with van der Waals surface area (Å²) in [4.78, 5) is 6.54. The van der Waals surface area contributed by atoms with Crippen LogP contribution in [0.4, 0.5) is 5.69 Å². The van der Waals surface area contributed by atoms with Gasteiger partial charge in [0.15, 0.2) is 0 Å². The molecule has 0 aromatic carbocycles. The van der Waals surface area contributed by atoms with E-state index in [2.05, 4.69) is 16.8 Å². The minimum Gasteiger partial charge on any atom is -0.387 e. The third-order valence-electron chi connectivity index (χ3n) is 2.90. The number of rotatable bonds is 2. The molecule has 0 radical (unpaired) electrons. The molecule has 2 atom stereocenters. The predicted octanol–water partition coefficient (Wildman–Crippen LogP) is 1.36. The van der Waals surface area contributed by atoms with Crippen molar-refractivity contribution in [1.29, 1.82) is 0 Å². The Hall–Kier alpha value is -1.13. The van der Waals surface area contributed by atoms with E-state index in [1.165, 1.54) is 0 Å². The maximum Gasteiger partial charge on any atom is 0.0931 e. The lowest BCUT2D eigenvalue weighted by molar-refractivity contribution is 0.0989. The number of ether oxygens (including phenoxy) is 1. The Kier molecular flexibility index (Phi) is 3.41. The summed E-state index contributed by atoms with van der Waals surface area (Å²) in [5.74, 6) is 0. The number of morpholine rings is 1. The van der Waals surface area contributed by atoms with Gasteiger partial charge >= 0.3 is 0 Å². The molecule has 0 amide bonds. The Morgan fingerprint density at radius 3 is 2.94 bits per heavy atom. The standard InChI is InChI=1S/C12H18N2O2/c1-9-8-16-6-5-14(9)11-3-4-12(10(2)15)13-7-11/h3-4,7,9-10,15H,5-6,8H2,1-2H3. The molecule has 88 valence electrons. The molecule has 2 unspecified atom stereocenters. The highest BCUT2D eigenvalue weighted by Gasteiger charge is 2.19. The van der Waals surface area contributed by atoms with E-state index in [4.69, 9.17) is 4.74 Å². The van der Waals surface area contributed by atoms with Gasteiger partial charge in [0, 0.05) is 12.6 Å². The fourth-order valence-electron chi connectivity index (χ4n) is 1.93. The zero-order valence-corrected chi connectivity index (χ0v) is 9.76. The van der Waals surface area contributed by atoms with Gasteiger partial charge in [-0.25, -0.2) is 0 Å². The highest BCUT2D eigenvalue weighted by atomic mass is 16.5. The van der Waals surface area contributed by atoms with Crippen molar-refractivity contribution in [2.45, 2.75) is 26.0 Å². The summed E-state index contributed by atoms with van der Waals surface area (Å²) in [7, 11) is 0. The lowest BCUT2D eigenvalue weighted by Gasteiger charge is -2.35. The van der Waals surface area contributed by atoms with Crippen molar-refractivity contribution in [2.75, 3.05) is 24.7 Å². The van der Waals surface area contributed by atoms with Gasteiger partial charge in [0.1, 0.15) is 0 Å². The number of hydrogen-bond donors (Lipinski definition) is 1. The first-order valence-corrected chi connectivity index (χ1v) is 5.67. The van der Waals surface area contributed by atoms with Gasteiger partial charge in [-0.1, -0.05) is 0 Å². The van der Waals surface area contributed by atoms with Gasteiger partial charge in [-0.3, -0.25) is 4.98 Å². The van der Waals surface area contributed by atoms with Crippen LogP contribution in [0.2, 0.25) is 0 Å². The maximum absolute atomic E-state index is 9.38. The Morgan fingerprint density at radius 2 is 2.38 bits per heavy atom. The van der Waals surface area contributed by atoms with Crippen molar-refractivity contribution >= 4 is 5.69 Å². The summed E-state index contributed by atoms with van der Waals surface area (Å²) in [6.07, 6.45) is 1.32. The van der Waals surface area contributed by atoms with Crippen LogP contribution in [0.25, 0.3) is 0 Å². The van der Waals surface area contributed by atoms with E-state index in [0.29, 0.717) is 11.7 Å². The number of aliphatic hydroxyl groups is 1. The molecule has 0 bridgehead atoms. The zero-order valence-electron chi connectivity index (χ0n) is 9.76. The lowest BCUT2D eigenvalue weighted by Crippen LogP contribution is -2.43. The summed E-state index contributed by atoms with van der Waals surface area (Å²) in [6.45, 7) is 6.29. The van der Waals surface area contributed by atoms with Crippen LogP contribution in [0.3, 0.4) is 0 Å². The molecule has 4 heteroatoms. The average molecular weight is 222 g/mol. The Labute approximate surface area is 95.9 Å². The monoisotopic (exact) mass is 222 g/mol. The molecule has 0 aliphatic carbocycles. The van der Waals surface area contributed by atoms with Gasteiger partial charge in [-0.15, -0.1) is 0 Å². The minimum absolute atomic E-state index is 0.382. The van der Waals surface area contributed by atoms with Gasteiger partial charge in [0.2, 0.25) is 0 Å². The number of anilines is 1. The molecule has 1 fully saturated rings. The summed E-state index contributed by atoms with van der Waals surface area (Å²) in [5, 5.41) is 9.38. The molecule has 0 saturated carbocycles. The summed E-state index contributed by atoms with van der Waals surface area (Å²) >= 11 is 0. The van der Waals surface area contributed by atoms with Crippen LogP contribution in [-0.2, 0) is 4.74 Å². The molecule has 1 saturated heterocycles. The third kappa shape index (κ3) is 2.33. The van der Waals surface area contributed by atoms with Crippen molar-refractivity contribution in [3.05, 3.63) is 24.0 Å². The van der Waals surface area contributed by atoms with Gasteiger partial charge in [0.25, 0.3) is 0 Å². The SMILES string of the molecule is CC(O)c1ccc(N2CCOCC2C)cn1. The van der Waals surface area contributed by atoms with E-state index in [1.807, 2.05) is 18.3 Å². The number of aliphatic hydroxyl groups excluding tert-OH is 1. The van der Waals surface area contributed by atoms with Crippen LogP contribution in [0.5, 0.6) is 0 Å². The molecule has 16 heavy (non-hydrogen) atoms. The summed E-state index contributed by atoms with van der Waals surface area (Å²) in [5.41, 5.74) is 1.81. The lowest BCUT2D eigenvalue weighted by atomic mass is 10.2. The van der Waals surface area contributed by atoms with Crippen LogP contribution >= 0.6 is 0 Å². The predicted molar refractivity (Wildman–Crippen MR) is 62.5 cm³/mol. The van der Waals surface area contributed by atoms with Crippen LogP contribution in [0.15, 0.2) is 18.3 Å². The molecule has 1 N–H and O–H groups in total. The van der Waals surface area contributed by atoms with Crippen molar-refractivity contribution in [3.8, 4) is 0 Å². The van der Waals surface area contributed by atoms with Crippen LogP contribution in [0, 0.1) is 0 Å². The number of hydrogen-bond acceptors (Lipinski definition) is 4. The molecule has 4 nitrogen and oxygen atoms in total. The Bertz CT molecular complexity index is 337. The van der Waals surface area contributed by atoms with E-state index >= 15 is 0 Å². The third-order valence-corrected chi connectivity index (χ3v) is 2.90. The van der Waals surface area contributed by atoms with Gasteiger partial charge in [0.05, 0.1) is 36.9 Å². The molecule has 1 aromatic rings. The molecule has 2 rings (SSSR count). The topological polar surface area (TPSA) is 45.6 Å². The second-order valence-electron chi connectivity index (χ2n) is 4.23. The van der Waals surface area contributed by atoms with E-state index in [9.17, 15) is 5.11 Å². The quantitative estimate of drug-likeness (QED) is 0.820. The van der Waals surface area contributed by atoms with Crippen molar-refractivity contribution in [2.24, 2.45) is 0 Å². The number of nitrogens with zero attached hydrogens (tertiary/aromatic N) is 2. The molecular formula is C12H18N2O2. The van der Waals surface area contributed by atoms with Crippen molar-refractivity contribution in [1.82, 2.24) is 4.98 Å². The minimum atomic E-state index is -0.504. The summed E-state index contributed by atoms with van der Waals surface area (Å²) in [6, 6.07) is 4.27. The van der Waals surface area contributed by atoms with E-state index in [1.54, 1.807) is 6.92 Å². The van der Waals surface area contributed by atoms with Crippen LogP contribution in [0.1, 0.15) is 25.6 Å². The first kappa shape index (κ1) is 11.4. The summed E-state index contributed by atoms with van der Waals surface area (Å²) < 4.78 is 5.39. The normalized spacial score (nSPS) is 23.2. The van der Waals surface area contributed by atoms with Crippen molar-refractivity contribution < 1.29 is 9.84 Å². The highest BCUT2D eigenvalue weighted by Crippen LogP contribution is 2.20. The number of aromatic nitrogens is 1. The van der Waals surface area contributed by atoms with Crippen molar-refractivity contribution in [3.63, 3.8) is 0 Å². The maximum atomic E-state index is 9.38. The first-order valence-electron chi connectivity index (χ1n) is 5.67. The first-order chi connectivity index (χ1) is 7.68. The molecule has 2 heterocycles. The van der Waals surface area contributed by atoms with E-state index in [-0.39, 0.29) is 0 Å². The molecule has 1 aliphatic rings. The molecular weight excluding hydrogens is 204 g/mol. The van der Waals surface area contributed by atoms with Gasteiger partial charge in [-0.05, 0) is 26.0 Å². The molecule has 1 aromatic heterocycles. The van der Waals surface area contributed by atoms with Gasteiger partial charge < -0.3 is 14.7 Å². The Balaban J connectivity index is 2.14. The molecule has 1 aliphatic heterocycles. The fourth-order valence-corrected chi connectivity index (χ4v) is 1.93. The van der Waals surface area contributed by atoms with Gasteiger partial charge in [-0.2, -0.15) is 0 Å². The van der Waals surface area contributed by atoms with Crippen LogP contribution < -0.4 is 4.90 Å². The second kappa shape index (κ2) is 4.80. The highest BCUT2D eigenvalue weighted by molar-refractivity contribution is 5.46. The smallest absolute Gasteiger partial charge is 0.0931 e. The molecule has 0 spiro atoms. The average Bonchev–Trinajstić information content (AvgIpc) is 2.30. The largest absolute Gasteiger partial charge is 0.387 e. The fraction of sp³-hybridized carbons (Fsp3) is 0.583. The second-order valence-corrected chi connectivity index (χ2v) is 4.23. The van der Waals surface area contributed by atoms with E-state index in [0.717, 1.165) is 25.4 Å². The Morgan fingerprint density at radius 1 is 1.56 bits per heavy atom. The number of pyridine rings is 1. The zero-order chi connectivity index (χ0) is 11.5. The van der Waals surface area contributed by atoms with Crippen LogP contribution in [-0.4, -0.2) is 35.9 Å². The van der Waals surface area contributed by atoms with E-state index < -0.39 is 6.10 Å².